The van der Waals surface area contributed by atoms with Gasteiger partial charge in [0.05, 0.1) is 38.8 Å². The minimum absolute atomic E-state index is 0.0324. The Labute approximate surface area is 206 Å². The molecule has 0 amide bonds. The molecule has 0 aliphatic rings. The van der Waals surface area contributed by atoms with Gasteiger partial charge in [0, 0.05) is 26.2 Å². The molecule has 0 saturated heterocycles. The standard InChI is InChI=1S/C22H31N3O11/c26-18(27)10-17(15-4-2-1-3-5-15)36-14-16(22(34)35)25(13-21(32)33)9-8-24(12-20(30)31)7-6-23-11-19(28)29/h1-5,16-17,23H,6-14H2,(H,26,27)(H,28,29)(H,30,31)(H,32,33)(H,34,35). The summed E-state index contributed by atoms with van der Waals surface area (Å²) in [6.07, 6.45) is -1.41. The lowest BCUT2D eigenvalue weighted by Crippen LogP contribution is -2.50. The molecule has 6 N–H and O–H groups in total. The molecule has 1 aromatic carbocycles. The van der Waals surface area contributed by atoms with E-state index in [1.54, 1.807) is 30.3 Å². The van der Waals surface area contributed by atoms with Crippen molar-refractivity contribution in [3.05, 3.63) is 35.9 Å². The van der Waals surface area contributed by atoms with Gasteiger partial charge in [-0.3, -0.25) is 33.8 Å². The van der Waals surface area contributed by atoms with E-state index in [0.717, 1.165) is 4.90 Å². The highest BCUT2D eigenvalue weighted by molar-refractivity contribution is 5.76. The quantitative estimate of drug-likeness (QED) is 0.117. The van der Waals surface area contributed by atoms with Crippen LogP contribution in [-0.4, -0.2) is 124 Å². The van der Waals surface area contributed by atoms with Crippen LogP contribution in [0.5, 0.6) is 0 Å². The Hall–Kier alpha value is -3.59. The molecular weight excluding hydrogens is 482 g/mol. The van der Waals surface area contributed by atoms with E-state index in [9.17, 15) is 39.3 Å². The highest BCUT2D eigenvalue weighted by Crippen LogP contribution is 2.22. The maximum absolute atomic E-state index is 12.0. The van der Waals surface area contributed by atoms with E-state index in [-0.39, 0.29) is 32.7 Å². The smallest absolute Gasteiger partial charge is 0.323 e. The second-order valence-electron chi connectivity index (χ2n) is 7.79. The van der Waals surface area contributed by atoms with Crippen LogP contribution in [0.2, 0.25) is 0 Å². The number of ether oxygens (including phenoxy) is 1. The minimum atomic E-state index is -1.46. The molecule has 2 unspecified atom stereocenters. The largest absolute Gasteiger partial charge is 0.481 e. The van der Waals surface area contributed by atoms with Gasteiger partial charge in [0.2, 0.25) is 0 Å². The van der Waals surface area contributed by atoms with E-state index in [1.807, 2.05) is 0 Å². The monoisotopic (exact) mass is 513 g/mol. The first kappa shape index (κ1) is 30.4. The van der Waals surface area contributed by atoms with Crippen LogP contribution in [0.4, 0.5) is 0 Å². The second kappa shape index (κ2) is 16.1. The van der Waals surface area contributed by atoms with Crippen LogP contribution in [0.3, 0.4) is 0 Å². The first-order chi connectivity index (χ1) is 17.0. The molecule has 0 heterocycles. The van der Waals surface area contributed by atoms with Crippen LogP contribution in [0.1, 0.15) is 18.1 Å². The summed E-state index contributed by atoms with van der Waals surface area (Å²) in [4.78, 5) is 59.0. The van der Waals surface area contributed by atoms with Crippen LogP contribution >= 0.6 is 0 Å². The molecular formula is C22H31N3O11. The second-order valence-corrected chi connectivity index (χ2v) is 7.79. The molecule has 14 heteroatoms. The summed E-state index contributed by atoms with van der Waals surface area (Å²) in [5.41, 5.74) is 0.510. The Morgan fingerprint density at radius 3 is 1.97 bits per heavy atom. The maximum atomic E-state index is 12.0. The average molecular weight is 514 g/mol. The number of hydrogen-bond acceptors (Lipinski definition) is 9. The van der Waals surface area contributed by atoms with E-state index in [1.165, 1.54) is 4.90 Å². The van der Waals surface area contributed by atoms with Crippen molar-refractivity contribution >= 4 is 29.8 Å². The fraction of sp³-hybridized carbons (Fsp3) is 0.500. The van der Waals surface area contributed by atoms with Gasteiger partial charge in [-0.2, -0.15) is 0 Å². The summed E-state index contributed by atoms with van der Waals surface area (Å²) in [5, 5.41) is 48.7. The van der Waals surface area contributed by atoms with Crippen molar-refractivity contribution in [3.63, 3.8) is 0 Å². The number of aliphatic carboxylic acids is 5. The van der Waals surface area contributed by atoms with Gasteiger partial charge in [0.15, 0.2) is 0 Å². The average Bonchev–Trinajstić information content (AvgIpc) is 2.78. The van der Waals surface area contributed by atoms with E-state index in [2.05, 4.69) is 5.32 Å². The van der Waals surface area contributed by atoms with Crippen molar-refractivity contribution < 1.29 is 54.2 Å². The Balaban J connectivity index is 2.94. The lowest BCUT2D eigenvalue weighted by Gasteiger charge is -2.31. The molecule has 0 spiro atoms. The summed E-state index contributed by atoms with van der Waals surface area (Å²) in [7, 11) is 0. The van der Waals surface area contributed by atoms with Crippen molar-refractivity contribution in [1.29, 1.82) is 0 Å². The topological polar surface area (TPSA) is 214 Å². The lowest BCUT2D eigenvalue weighted by molar-refractivity contribution is -0.151. The van der Waals surface area contributed by atoms with E-state index in [4.69, 9.17) is 14.9 Å². The number of nitrogens with one attached hydrogen (secondary N) is 1. The normalized spacial score (nSPS) is 12.8. The molecule has 200 valence electrons. The van der Waals surface area contributed by atoms with Gasteiger partial charge in [0.25, 0.3) is 0 Å². The zero-order valence-corrected chi connectivity index (χ0v) is 19.5. The first-order valence-corrected chi connectivity index (χ1v) is 10.9. The number of hydrogen-bond donors (Lipinski definition) is 6. The lowest BCUT2D eigenvalue weighted by atomic mass is 10.1. The Kier molecular flexibility index (Phi) is 13.7. The molecule has 36 heavy (non-hydrogen) atoms. The SMILES string of the molecule is O=C(O)CNCCN(CCN(CC(=O)O)C(COC(CC(=O)O)c1ccccc1)C(=O)O)CC(=O)O. The van der Waals surface area contributed by atoms with Crippen LogP contribution in [0.15, 0.2) is 30.3 Å². The number of rotatable bonds is 20. The van der Waals surface area contributed by atoms with Crippen LogP contribution in [-0.2, 0) is 28.7 Å². The predicted octanol–water partition coefficient (Wildman–Crippen LogP) is -0.880. The van der Waals surface area contributed by atoms with Gasteiger partial charge in [-0.25, -0.2) is 0 Å². The van der Waals surface area contributed by atoms with Gasteiger partial charge >= 0.3 is 29.8 Å². The number of carboxylic acids is 5. The van der Waals surface area contributed by atoms with Crippen molar-refractivity contribution in [3.8, 4) is 0 Å². The third kappa shape index (κ3) is 12.8. The van der Waals surface area contributed by atoms with Crippen molar-refractivity contribution in [2.24, 2.45) is 0 Å². The molecule has 0 aliphatic carbocycles. The van der Waals surface area contributed by atoms with Gasteiger partial charge in [-0.15, -0.1) is 0 Å². The molecule has 1 aromatic rings. The van der Waals surface area contributed by atoms with Gasteiger partial charge in [-0.1, -0.05) is 30.3 Å². The van der Waals surface area contributed by atoms with Crippen LogP contribution in [0.25, 0.3) is 0 Å². The minimum Gasteiger partial charge on any atom is -0.481 e. The van der Waals surface area contributed by atoms with Gasteiger partial charge < -0.3 is 35.6 Å². The van der Waals surface area contributed by atoms with Gasteiger partial charge in [-0.05, 0) is 5.56 Å². The number of benzene rings is 1. The summed E-state index contributed by atoms with van der Waals surface area (Å²) < 4.78 is 5.63. The van der Waals surface area contributed by atoms with E-state index in [0.29, 0.717) is 5.56 Å². The maximum Gasteiger partial charge on any atom is 0.323 e. The molecule has 2 atom stereocenters. The molecule has 0 saturated carbocycles. The Morgan fingerprint density at radius 2 is 1.44 bits per heavy atom. The van der Waals surface area contributed by atoms with Crippen molar-refractivity contribution in [2.45, 2.75) is 18.6 Å². The summed E-state index contributed by atoms with van der Waals surface area (Å²) in [6, 6.07) is 6.85. The van der Waals surface area contributed by atoms with E-state index >= 15 is 0 Å². The highest BCUT2D eigenvalue weighted by Gasteiger charge is 2.30. The number of nitrogens with zero attached hydrogens (tertiary/aromatic N) is 2. The number of carbonyl (C=O) groups is 5. The number of carboxylic acid groups (broad SMARTS) is 5. The molecule has 1 rings (SSSR count). The molecule has 0 bridgehead atoms. The van der Waals surface area contributed by atoms with Crippen LogP contribution < -0.4 is 5.32 Å². The zero-order valence-electron chi connectivity index (χ0n) is 19.5. The molecule has 0 fully saturated rings. The summed E-state index contributed by atoms with van der Waals surface area (Å²) >= 11 is 0. The molecule has 0 aromatic heterocycles. The predicted molar refractivity (Wildman–Crippen MR) is 123 cm³/mol. The Morgan fingerprint density at radius 1 is 0.806 bits per heavy atom. The zero-order chi connectivity index (χ0) is 27.1. The summed E-state index contributed by atoms with van der Waals surface area (Å²) in [5.74, 6) is -6.14. The highest BCUT2D eigenvalue weighted by atomic mass is 16.5. The third-order valence-electron chi connectivity index (χ3n) is 4.99. The summed E-state index contributed by atoms with van der Waals surface area (Å²) in [6.45, 7) is -1.91. The van der Waals surface area contributed by atoms with Gasteiger partial charge in [0.1, 0.15) is 6.04 Å². The molecule has 14 nitrogen and oxygen atoms in total. The fourth-order valence-corrected chi connectivity index (χ4v) is 3.32. The van der Waals surface area contributed by atoms with Crippen molar-refractivity contribution in [1.82, 2.24) is 15.1 Å². The molecule has 0 radical (unpaired) electrons. The Bertz CT molecular complexity index is 881. The first-order valence-electron chi connectivity index (χ1n) is 10.9. The third-order valence-corrected chi connectivity index (χ3v) is 4.99. The fourth-order valence-electron chi connectivity index (χ4n) is 3.32. The van der Waals surface area contributed by atoms with E-state index < -0.39 is 68.1 Å². The van der Waals surface area contributed by atoms with Crippen LogP contribution in [0, 0.1) is 0 Å². The molecule has 0 aliphatic heterocycles. The van der Waals surface area contributed by atoms with Crippen molar-refractivity contribution in [2.75, 3.05) is 52.4 Å².